The molecule has 0 unspecified atom stereocenters. The van der Waals surface area contributed by atoms with Gasteiger partial charge in [0.1, 0.15) is 13.2 Å². The highest BCUT2D eigenvalue weighted by molar-refractivity contribution is 7.99. The summed E-state index contributed by atoms with van der Waals surface area (Å²) >= 11 is 1.39. The third kappa shape index (κ3) is 5.19. The van der Waals surface area contributed by atoms with Crippen molar-refractivity contribution < 1.29 is 28.6 Å². The Morgan fingerprint density at radius 1 is 1.14 bits per heavy atom. The van der Waals surface area contributed by atoms with Crippen molar-refractivity contribution in [3.63, 3.8) is 0 Å². The molecule has 2 aliphatic rings. The Labute approximate surface area is 168 Å². The van der Waals surface area contributed by atoms with E-state index in [-0.39, 0.29) is 29.3 Å². The van der Waals surface area contributed by atoms with Gasteiger partial charge in [0.05, 0.1) is 12.9 Å². The van der Waals surface area contributed by atoms with Crippen molar-refractivity contribution in [3.05, 3.63) is 23.8 Å². The highest BCUT2D eigenvalue weighted by Crippen LogP contribution is 2.32. The van der Waals surface area contributed by atoms with Crippen LogP contribution >= 0.6 is 11.8 Å². The molecule has 7 nitrogen and oxygen atoms in total. The van der Waals surface area contributed by atoms with Crippen LogP contribution in [0, 0.1) is 5.92 Å². The van der Waals surface area contributed by atoms with Gasteiger partial charge in [-0.25, -0.2) is 0 Å². The van der Waals surface area contributed by atoms with Crippen LogP contribution in [0.15, 0.2) is 18.2 Å². The van der Waals surface area contributed by atoms with Crippen LogP contribution in [0.4, 0.5) is 0 Å². The SMILES string of the molecule is COC(=O)CSCCC(=O)N1CCC(C(=O)c2ccc3c(c2)OCCO3)CC1. The van der Waals surface area contributed by atoms with Crippen LogP contribution in [0.25, 0.3) is 0 Å². The zero-order chi connectivity index (χ0) is 19.9. The summed E-state index contributed by atoms with van der Waals surface area (Å²) in [6.45, 7) is 2.18. The second kappa shape index (κ2) is 9.82. The summed E-state index contributed by atoms with van der Waals surface area (Å²) in [6.07, 6.45) is 1.71. The lowest BCUT2D eigenvalue weighted by Gasteiger charge is -2.31. The molecule has 1 fully saturated rings. The summed E-state index contributed by atoms with van der Waals surface area (Å²) in [6, 6.07) is 5.32. The highest BCUT2D eigenvalue weighted by Gasteiger charge is 2.28. The summed E-state index contributed by atoms with van der Waals surface area (Å²) in [7, 11) is 1.35. The predicted octanol–water partition coefficient (Wildman–Crippen LogP) is 2.18. The molecule has 2 heterocycles. The zero-order valence-corrected chi connectivity index (χ0v) is 16.8. The molecule has 0 spiro atoms. The van der Waals surface area contributed by atoms with Crippen LogP contribution in [0.2, 0.25) is 0 Å². The third-order valence-electron chi connectivity index (χ3n) is 4.95. The quantitative estimate of drug-likeness (QED) is 0.389. The van der Waals surface area contributed by atoms with Crippen LogP contribution in [-0.4, -0.2) is 67.5 Å². The molecule has 1 aromatic carbocycles. The molecule has 152 valence electrons. The van der Waals surface area contributed by atoms with E-state index < -0.39 is 0 Å². The molecule has 2 aliphatic heterocycles. The minimum absolute atomic E-state index is 0.0718. The Bertz CT molecular complexity index is 729. The number of piperidine rings is 1. The first-order valence-corrected chi connectivity index (χ1v) is 10.6. The van der Waals surface area contributed by atoms with Crippen molar-refractivity contribution in [1.29, 1.82) is 0 Å². The lowest BCUT2D eigenvalue weighted by Crippen LogP contribution is -2.40. The van der Waals surface area contributed by atoms with Crippen LogP contribution in [-0.2, 0) is 14.3 Å². The normalized spacial score (nSPS) is 16.5. The van der Waals surface area contributed by atoms with Crippen molar-refractivity contribution >= 4 is 29.4 Å². The van der Waals surface area contributed by atoms with E-state index in [0.29, 0.717) is 68.4 Å². The molecule has 0 aliphatic carbocycles. The summed E-state index contributed by atoms with van der Waals surface area (Å²) in [5.41, 5.74) is 0.633. The standard InChI is InChI=1S/C20H25NO6S/c1-25-19(23)13-28-11-6-18(22)21-7-4-14(5-8-21)20(24)15-2-3-16-17(12-15)27-10-9-26-16/h2-3,12,14H,4-11,13H2,1H3. The smallest absolute Gasteiger partial charge is 0.315 e. The maximum atomic E-state index is 12.8. The van der Waals surface area contributed by atoms with Crippen molar-refractivity contribution in [2.75, 3.05) is 44.9 Å². The fourth-order valence-electron chi connectivity index (χ4n) is 3.36. The second-order valence-corrected chi connectivity index (χ2v) is 7.86. The van der Waals surface area contributed by atoms with Gasteiger partial charge in [-0.05, 0) is 31.0 Å². The Morgan fingerprint density at radius 3 is 2.57 bits per heavy atom. The Kier molecular flexibility index (Phi) is 7.19. The van der Waals surface area contributed by atoms with E-state index in [0.717, 1.165) is 0 Å². The number of likely N-dealkylation sites (tertiary alicyclic amines) is 1. The van der Waals surface area contributed by atoms with Gasteiger partial charge in [0.25, 0.3) is 0 Å². The molecule has 0 bridgehead atoms. The van der Waals surface area contributed by atoms with Crippen molar-refractivity contribution in [3.8, 4) is 11.5 Å². The molecule has 3 rings (SSSR count). The van der Waals surface area contributed by atoms with Gasteiger partial charge in [-0.15, -0.1) is 11.8 Å². The maximum Gasteiger partial charge on any atom is 0.315 e. The molecule has 0 atom stereocenters. The molecule has 0 aromatic heterocycles. The number of ketones is 1. The van der Waals surface area contributed by atoms with Crippen molar-refractivity contribution in [2.24, 2.45) is 5.92 Å². The van der Waals surface area contributed by atoms with Crippen LogP contribution in [0.1, 0.15) is 29.6 Å². The van der Waals surface area contributed by atoms with Crippen LogP contribution < -0.4 is 9.47 Å². The monoisotopic (exact) mass is 407 g/mol. The van der Waals surface area contributed by atoms with E-state index in [1.807, 2.05) is 4.90 Å². The lowest BCUT2D eigenvalue weighted by molar-refractivity contribution is -0.137. The fraction of sp³-hybridized carbons (Fsp3) is 0.550. The number of thioether (sulfide) groups is 1. The number of esters is 1. The Hall–Kier alpha value is -2.22. The molecular formula is C20H25NO6S. The molecule has 0 radical (unpaired) electrons. The third-order valence-corrected chi connectivity index (χ3v) is 5.89. The first-order valence-electron chi connectivity index (χ1n) is 9.44. The number of carbonyl (C=O) groups is 3. The van der Waals surface area contributed by atoms with Crippen LogP contribution in [0.5, 0.6) is 11.5 Å². The minimum atomic E-state index is -0.282. The molecule has 1 amide bonds. The van der Waals surface area contributed by atoms with Gasteiger partial charge in [0, 0.05) is 36.7 Å². The topological polar surface area (TPSA) is 82.1 Å². The maximum absolute atomic E-state index is 12.8. The van der Waals surface area contributed by atoms with Gasteiger partial charge in [-0.3, -0.25) is 14.4 Å². The Morgan fingerprint density at radius 2 is 1.86 bits per heavy atom. The summed E-state index contributed by atoms with van der Waals surface area (Å²) in [4.78, 5) is 38.0. The molecule has 28 heavy (non-hydrogen) atoms. The number of ether oxygens (including phenoxy) is 3. The van der Waals surface area contributed by atoms with Crippen molar-refractivity contribution in [1.82, 2.24) is 4.90 Å². The number of benzene rings is 1. The molecule has 0 N–H and O–H groups in total. The first-order chi connectivity index (χ1) is 13.6. The average molecular weight is 407 g/mol. The van der Waals surface area contributed by atoms with E-state index in [4.69, 9.17) is 9.47 Å². The molecular weight excluding hydrogens is 382 g/mol. The number of rotatable bonds is 7. The van der Waals surface area contributed by atoms with Crippen LogP contribution in [0.3, 0.4) is 0 Å². The molecule has 0 saturated carbocycles. The number of methoxy groups -OCH3 is 1. The van der Waals surface area contributed by atoms with Gasteiger partial charge < -0.3 is 19.1 Å². The number of nitrogens with zero attached hydrogens (tertiary/aromatic N) is 1. The number of carbonyl (C=O) groups excluding carboxylic acids is 3. The van der Waals surface area contributed by atoms with E-state index in [1.165, 1.54) is 18.9 Å². The van der Waals surface area contributed by atoms with E-state index in [2.05, 4.69) is 4.74 Å². The van der Waals surface area contributed by atoms with Gasteiger partial charge >= 0.3 is 5.97 Å². The van der Waals surface area contributed by atoms with Crippen molar-refractivity contribution in [2.45, 2.75) is 19.3 Å². The van der Waals surface area contributed by atoms with Gasteiger partial charge in [-0.1, -0.05) is 0 Å². The first kappa shape index (κ1) is 20.5. The minimum Gasteiger partial charge on any atom is -0.486 e. The second-order valence-electron chi connectivity index (χ2n) is 6.76. The lowest BCUT2D eigenvalue weighted by atomic mass is 9.88. The average Bonchev–Trinajstić information content (AvgIpc) is 2.75. The van der Waals surface area contributed by atoms with Gasteiger partial charge in [0.2, 0.25) is 5.91 Å². The Balaban J connectivity index is 1.45. The number of fused-ring (bicyclic) bond motifs is 1. The number of hydrogen-bond acceptors (Lipinski definition) is 7. The summed E-state index contributed by atoms with van der Waals surface area (Å²) in [5.74, 6) is 1.94. The largest absolute Gasteiger partial charge is 0.486 e. The molecule has 1 saturated heterocycles. The zero-order valence-electron chi connectivity index (χ0n) is 16.0. The van der Waals surface area contributed by atoms with Gasteiger partial charge in [0.15, 0.2) is 17.3 Å². The van der Waals surface area contributed by atoms with E-state index in [9.17, 15) is 14.4 Å². The fourth-order valence-corrected chi connectivity index (χ4v) is 4.10. The predicted molar refractivity (Wildman–Crippen MR) is 105 cm³/mol. The summed E-state index contributed by atoms with van der Waals surface area (Å²) < 4.78 is 15.6. The number of hydrogen-bond donors (Lipinski definition) is 0. The highest BCUT2D eigenvalue weighted by atomic mass is 32.2. The van der Waals surface area contributed by atoms with Gasteiger partial charge in [-0.2, -0.15) is 0 Å². The van der Waals surface area contributed by atoms with E-state index in [1.54, 1.807) is 18.2 Å². The van der Waals surface area contributed by atoms with E-state index >= 15 is 0 Å². The summed E-state index contributed by atoms with van der Waals surface area (Å²) in [5, 5.41) is 0. The number of amides is 1. The number of Topliss-reactive ketones (excluding diaryl/α,β-unsaturated/α-hetero) is 1. The molecule has 1 aromatic rings. The molecule has 8 heteroatoms.